The summed E-state index contributed by atoms with van der Waals surface area (Å²) in [6.07, 6.45) is 0.699. The number of carbonyl (C=O) groups excluding carboxylic acids is 1. The van der Waals surface area contributed by atoms with Gasteiger partial charge in [0.1, 0.15) is 17.5 Å². The van der Waals surface area contributed by atoms with Gasteiger partial charge in [-0.2, -0.15) is 0 Å². The molecule has 0 bridgehead atoms. The Morgan fingerprint density at radius 3 is 2.26 bits per heavy atom. The molecule has 2 aromatic carbocycles. The molecule has 0 fully saturated rings. The van der Waals surface area contributed by atoms with E-state index < -0.39 is 16.6 Å². The number of aromatic nitrogens is 1. The average Bonchev–Trinajstić information content (AvgIpc) is 2.83. The summed E-state index contributed by atoms with van der Waals surface area (Å²) in [6, 6.07) is 17.3. The number of fused-ring (bicyclic) bond motifs is 1. The molecule has 0 aliphatic rings. The standard InChI is InChI=1S/C16H20N4O4.C8H10O.C2H6/c1-16(2,3)24-15(21)18-9-8-17-14-11-6-4-5-7-12(11)19-10-13(14)20(22)23;1-9-7-8-5-3-2-4-6-8;1-2/h4-7,10H,8-9H2,1-3H3,(H,17,19)(H,18,21);2-6H,7H2,1H3;1-2H3. The second-order valence-corrected chi connectivity index (χ2v) is 8.07. The number of amides is 1. The molecule has 1 aromatic heterocycles. The summed E-state index contributed by atoms with van der Waals surface area (Å²) in [5, 5.41) is 17.5. The summed E-state index contributed by atoms with van der Waals surface area (Å²) < 4.78 is 10.1. The fourth-order valence-corrected chi connectivity index (χ4v) is 2.86. The molecule has 0 radical (unpaired) electrons. The first-order valence-corrected chi connectivity index (χ1v) is 11.5. The number of hydrogen-bond acceptors (Lipinski definition) is 7. The van der Waals surface area contributed by atoms with Crippen molar-refractivity contribution in [2.24, 2.45) is 0 Å². The normalized spacial score (nSPS) is 10.2. The average molecular weight is 485 g/mol. The Labute approximate surface area is 207 Å². The highest BCUT2D eigenvalue weighted by molar-refractivity contribution is 5.95. The van der Waals surface area contributed by atoms with Crippen LogP contribution in [0.2, 0.25) is 0 Å². The number of carbonyl (C=O) groups is 1. The van der Waals surface area contributed by atoms with Gasteiger partial charge in [0.25, 0.3) is 0 Å². The van der Waals surface area contributed by atoms with Crippen molar-refractivity contribution in [1.82, 2.24) is 10.3 Å². The van der Waals surface area contributed by atoms with E-state index in [1.807, 2.05) is 50.2 Å². The van der Waals surface area contributed by atoms with Gasteiger partial charge >= 0.3 is 11.8 Å². The van der Waals surface area contributed by atoms with Gasteiger partial charge in [0.2, 0.25) is 0 Å². The monoisotopic (exact) mass is 484 g/mol. The highest BCUT2D eigenvalue weighted by Gasteiger charge is 2.18. The number of nitrogens with one attached hydrogen (secondary N) is 2. The van der Waals surface area contributed by atoms with Gasteiger partial charge in [-0.25, -0.2) is 9.78 Å². The molecule has 1 heterocycles. The first kappa shape index (κ1) is 29.3. The summed E-state index contributed by atoms with van der Waals surface area (Å²) >= 11 is 0. The van der Waals surface area contributed by atoms with Crippen molar-refractivity contribution < 1.29 is 19.2 Å². The van der Waals surface area contributed by atoms with Gasteiger partial charge in [0.05, 0.1) is 17.0 Å². The molecule has 0 unspecified atom stereocenters. The van der Waals surface area contributed by atoms with Gasteiger partial charge in [0.15, 0.2) is 0 Å². The lowest BCUT2D eigenvalue weighted by molar-refractivity contribution is -0.384. The number of nitro groups is 1. The Bertz CT molecular complexity index is 1050. The zero-order chi connectivity index (χ0) is 26.3. The molecule has 0 aliphatic heterocycles. The van der Waals surface area contributed by atoms with Crippen LogP contribution in [0.1, 0.15) is 40.2 Å². The first-order valence-electron chi connectivity index (χ1n) is 11.5. The number of para-hydroxylation sites is 1. The molecule has 0 saturated carbocycles. The largest absolute Gasteiger partial charge is 0.444 e. The zero-order valence-electron chi connectivity index (χ0n) is 21.3. The summed E-state index contributed by atoms with van der Waals surface area (Å²) in [5.74, 6) is 0. The minimum atomic E-state index is -0.572. The predicted molar refractivity (Wildman–Crippen MR) is 140 cm³/mol. The third kappa shape index (κ3) is 10.8. The van der Waals surface area contributed by atoms with E-state index in [4.69, 9.17) is 9.47 Å². The van der Waals surface area contributed by atoms with Gasteiger partial charge in [0, 0.05) is 25.6 Å². The number of ether oxygens (including phenoxy) is 2. The van der Waals surface area contributed by atoms with Crippen LogP contribution in [0.15, 0.2) is 60.8 Å². The molecule has 0 atom stereocenters. The molecule has 35 heavy (non-hydrogen) atoms. The van der Waals surface area contributed by atoms with E-state index in [1.54, 1.807) is 46.1 Å². The topological polar surface area (TPSA) is 116 Å². The van der Waals surface area contributed by atoms with Crippen molar-refractivity contribution in [2.75, 3.05) is 25.5 Å². The van der Waals surface area contributed by atoms with Gasteiger partial charge in [-0.3, -0.25) is 10.1 Å². The van der Waals surface area contributed by atoms with Crippen LogP contribution in [-0.2, 0) is 16.1 Å². The van der Waals surface area contributed by atoms with E-state index in [9.17, 15) is 14.9 Å². The lowest BCUT2D eigenvalue weighted by Gasteiger charge is -2.19. The van der Waals surface area contributed by atoms with Gasteiger partial charge in [-0.05, 0) is 32.4 Å². The van der Waals surface area contributed by atoms with Crippen LogP contribution in [0, 0.1) is 10.1 Å². The van der Waals surface area contributed by atoms with Crippen LogP contribution < -0.4 is 10.6 Å². The second-order valence-electron chi connectivity index (χ2n) is 8.07. The predicted octanol–water partition coefficient (Wildman–Crippen LogP) is 5.94. The van der Waals surface area contributed by atoms with E-state index in [0.29, 0.717) is 29.7 Å². The minimum Gasteiger partial charge on any atom is -0.444 e. The smallest absolute Gasteiger partial charge is 0.407 e. The Balaban J connectivity index is 0.000000464. The second kappa shape index (κ2) is 15.2. The summed E-state index contributed by atoms with van der Waals surface area (Å²) in [7, 11) is 1.70. The van der Waals surface area contributed by atoms with Crippen LogP contribution >= 0.6 is 0 Å². The number of methoxy groups -OCH3 is 1. The molecule has 0 spiro atoms. The lowest BCUT2D eigenvalue weighted by Crippen LogP contribution is -2.35. The molecule has 190 valence electrons. The molecule has 3 rings (SSSR count). The zero-order valence-corrected chi connectivity index (χ0v) is 21.3. The molecule has 3 aromatic rings. The fraction of sp³-hybridized carbons (Fsp3) is 0.385. The minimum absolute atomic E-state index is 0.106. The molecule has 0 saturated heterocycles. The fourth-order valence-electron chi connectivity index (χ4n) is 2.86. The van der Waals surface area contributed by atoms with Crippen LogP contribution in [0.25, 0.3) is 10.9 Å². The summed E-state index contributed by atoms with van der Waals surface area (Å²) in [6.45, 7) is 10.6. The van der Waals surface area contributed by atoms with Gasteiger partial charge in [-0.1, -0.05) is 62.4 Å². The van der Waals surface area contributed by atoms with E-state index in [1.165, 1.54) is 11.8 Å². The lowest BCUT2D eigenvalue weighted by atomic mass is 10.1. The third-order valence-corrected chi connectivity index (χ3v) is 4.20. The number of anilines is 1. The number of hydrogen-bond donors (Lipinski definition) is 2. The molecular weight excluding hydrogens is 448 g/mol. The van der Waals surface area contributed by atoms with Gasteiger partial charge < -0.3 is 20.1 Å². The maximum atomic E-state index is 11.6. The summed E-state index contributed by atoms with van der Waals surface area (Å²) in [4.78, 5) is 26.4. The number of alkyl carbamates (subject to hydrolysis) is 1. The van der Waals surface area contributed by atoms with Crippen molar-refractivity contribution in [3.8, 4) is 0 Å². The molecule has 0 aliphatic carbocycles. The van der Waals surface area contributed by atoms with Crippen molar-refractivity contribution in [3.05, 3.63) is 76.5 Å². The Morgan fingerprint density at radius 2 is 1.66 bits per heavy atom. The van der Waals surface area contributed by atoms with Crippen LogP contribution in [0.4, 0.5) is 16.2 Å². The van der Waals surface area contributed by atoms with Crippen LogP contribution in [0.3, 0.4) is 0 Å². The molecule has 2 N–H and O–H groups in total. The Hall–Kier alpha value is -3.72. The maximum absolute atomic E-state index is 11.6. The Morgan fingerprint density at radius 1 is 1.03 bits per heavy atom. The van der Waals surface area contributed by atoms with E-state index in [0.717, 1.165) is 0 Å². The third-order valence-electron chi connectivity index (χ3n) is 4.20. The highest BCUT2D eigenvalue weighted by Crippen LogP contribution is 2.30. The SMILES string of the molecule is CC.CC(C)(C)OC(=O)NCCNc1c([N+](=O)[O-])cnc2ccccc12.COCc1ccccc1. The molecule has 1 amide bonds. The number of benzene rings is 2. The van der Waals surface area contributed by atoms with Crippen molar-refractivity contribution in [1.29, 1.82) is 0 Å². The van der Waals surface area contributed by atoms with Crippen molar-refractivity contribution in [3.63, 3.8) is 0 Å². The van der Waals surface area contributed by atoms with Crippen LogP contribution in [0.5, 0.6) is 0 Å². The highest BCUT2D eigenvalue weighted by atomic mass is 16.6. The van der Waals surface area contributed by atoms with E-state index in [-0.39, 0.29) is 12.2 Å². The number of pyridine rings is 1. The Kier molecular flexibility index (Phi) is 12.8. The number of nitrogens with zero attached hydrogens (tertiary/aromatic N) is 2. The molecule has 9 nitrogen and oxygen atoms in total. The van der Waals surface area contributed by atoms with Gasteiger partial charge in [-0.15, -0.1) is 0 Å². The molecule has 9 heteroatoms. The quantitative estimate of drug-likeness (QED) is 0.242. The summed E-state index contributed by atoms with van der Waals surface area (Å²) in [5.41, 5.74) is 1.59. The van der Waals surface area contributed by atoms with E-state index in [2.05, 4.69) is 15.6 Å². The van der Waals surface area contributed by atoms with Crippen molar-refractivity contribution >= 4 is 28.4 Å². The first-order chi connectivity index (χ1) is 16.7. The van der Waals surface area contributed by atoms with Crippen molar-refractivity contribution in [2.45, 2.75) is 46.8 Å². The molecular formula is C26H36N4O5. The maximum Gasteiger partial charge on any atom is 0.407 e. The van der Waals surface area contributed by atoms with E-state index >= 15 is 0 Å². The number of rotatable bonds is 7. The van der Waals surface area contributed by atoms with Crippen LogP contribution in [-0.4, -0.2) is 41.8 Å².